The van der Waals surface area contributed by atoms with Gasteiger partial charge in [-0.2, -0.15) is 0 Å². The van der Waals surface area contributed by atoms with Gasteiger partial charge in [-0.25, -0.2) is 0 Å². The molecule has 0 heterocycles. The molecule has 1 amide bonds. The van der Waals surface area contributed by atoms with Crippen LogP contribution in [0.3, 0.4) is 0 Å². The first-order chi connectivity index (χ1) is 9.91. The fourth-order valence-corrected chi connectivity index (χ4v) is 2.56. The van der Waals surface area contributed by atoms with Crippen molar-refractivity contribution in [1.29, 1.82) is 0 Å². The molecule has 0 aliphatic heterocycles. The fourth-order valence-electron chi connectivity index (χ4n) is 2.56. The maximum atomic E-state index is 11.2. The van der Waals surface area contributed by atoms with E-state index in [0.29, 0.717) is 0 Å². The standard InChI is InChI=1S/C14H19N3O4/c15-13(18)10-4-5-11(17(19)20)12(8-10)21-9-14(16)6-2-1-3-7-14/h4-5,8H,1-3,6-7,9,16H2,(H2,15,18). The monoisotopic (exact) mass is 293 g/mol. The number of benzene rings is 1. The highest BCUT2D eigenvalue weighted by Gasteiger charge is 2.29. The average Bonchev–Trinajstić information content (AvgIpc) is 2.45. The van der Waals surface area contributed by atoms with Crippen molar-refractivity contribution in [3.05, 3.63) is 33.9 Å². The number of ether oxygens (including phenoxy) is 1. The van der Waals surface area contributed by atoms with Crippen molar-refractivity contribution in [3.8, 4) is 5.75 Å². The van der Waals surface area contributed by atoms with Gasteiger partial charge in [-0.3, -0.25) is 14.9 Å². The van der Waals surface area contributed by atoms with Gasteiger partial charge in [0.15, 0.2) is 5.75 Å². The van der Waals surface area contributed by atoms with E-state index in [2.05, 4.69) is 0 Å². The Kier molecular flexibility index (Phi) is 4.42. The van der Waals surface area contributed by atoms with E-state index in [1.165, 1.54) is 18.2 Å². The van der Waals surface area contributed by atoms with Gasteiger partial charge in [-0.1, -0.05) is 19.3 Å². The number of nitro benzene ring substituents is 1. The molecule has 1 aliphatic carbocycles. The van der Waals surface area contributed by atoms with Gasteiger partial charge in [0, 0.05) is 17.7 Å². The normalized spacial score (nSPS) is 17.2. The Hall–Kier alpha value is -2.15. The Morgan fingerprint density at radius 2 is 2.00 bits per heavy atom. The summed E-state index contributed by atoms with van der Waals surface area (Å²) in [6, 6.07) is 3.83. The van der Waals surface area contributed by atoms with E-state index in [1.54, 1.807) is 0 Å². The fraction of sp³-hybridized carbons (Fsp3) is 0.500. The van der Waals surface area contributed by atoms with Crippen molar-refractivity contribution in [2.24, 2.45) is 11.5 Å². The van der Waals surface area contributed by atoms with Crippen LogP contribution < -0.4 is 16.2 Å². The van der Waals surface area contributed by atoms with E-state index in [0.717, 1.165) is 32.1 Å². The molecule has 0 atom stereocenters. The van der Waals surface area contributed by atoms with Gasteiger partial charge < -0.3 is 16.2 Å². The summed E-state index contributed by atoms with van der Waals surface area (Å²) in [5.74, 6) is -0.624. The first-order valence-electron chi connectivity index (χ1n) is 6.91. The average molecular weight is 293 g/mol. The number of rotatable bonds is 5. The minimum Gasteiger partial charge on any atom is -0.485 e. The van der Waals surface area contributed by atoms with Gasteiger partial charge in [0.1, 0.15) is 6.61 Å². The minimum atomic E-state index is -0.658. The molecule has 1 aromatic carbocycles. The van der Waals surface area contributed by atoms with Crippen molar-refractivity contribution in [1.82, 2.24) is 0 Å². The molecular formula is C14H19N3O4. The van der Waals surface area contributed by atoms with Crippen LogP contribution in [0.4, 0.5) is 5.69 Å². The zero-order chi connectivity index (χ0) is 15.5. The number of nitrogens with two attached hydrogens (primary N) is 2. The highest BCUT2D eigenvalue weighted by atomic mass is 16.6. The van der Waals surface area contributed by atoms with E-state index >= 15 is 0 Å². The lowest BCUT2D eigenvalue weighted by Crippen LogP contribution is -2.47. The summed E-state index contributed by atoms with van der Waals surface area (Å²) in [5, 5.41) is 11.0. The molecule has 114 valence electrons. The van der Waals surface area contributed by atoms with E-state index < -0.39 is 16.4 Å². The van der Waals surface area contributed by atoms with Crippen LogP contribution in [0.1, 0.15) is 42.5 Å². The van der Waals surface area contributed by atoms with E-state index in [4.69, 9.17) is 16.2 Å². The molecule has 0 radical (unpaired) electrons. The van der Waals surface area contributed by atoms with Crippen molar-refractivity contribution in [3.63, 3.8) is 0 Å². The number of carbonyl (C=O) groups excluding carboxylic acids is 1. The summed E-state index contributed by atoms with van der Waals surface area (Å²) in [4.78, 5) is 21.6. The second-order valence-corrected chi connectivity index (χ2v) is 5.52. The highest BCUT2D eigenvalue weighted by Crippen LogP contribution is 2.31. The van der Waals surface area contributed by atoms with Crippen molar-refractivity contribution in [2.75, 3.05) is 6.61 Å². The largest absolute Gasteiger partial charge is 0.485 e. The number of hydrogen-bond acceptors (Lipinski definition) is 5. The molecule has 7 heteroatoms. The van der Waals surface area contributed by atoms with Crippen LogP contribution in [0.2, 0.25) is 0 Å². The topological polar surface area (TPSA) is 121 Å². The molecule has 1 aliphatic rings. The number of carbonyl (C=O) groups is 1. The summed E-state index contributed by atoms with van der Waals surface area (Å²) in [5.41, 5.74) is 10.9. The van der Waals surface area contributed by atoms with Crippen LogP contribution in [-0.4, -0.2) is 23.0 Å². The first-order valence-corrected chi connectivity index (χ1v) is 6.91. The minimum absolute atomic E-state index is 0.0340. The lowest BCUT2D eigenvalue weighted by molar-refractivity contribution is -0.385. The quantitative estimate of drug-likeness (QED) is 0.632. The van der Waals surface area contributed by atoms with E-state index in [9.17, 15) is 14.9 Å². The molecule has 0 bridgehead atoms. The molecule has 0 spiro atoms. The molecule has 1 saturated carbocycles. The third kappa shape index (κ3) is 3.69. The molecule has 1 aromatic rings. The third-order valence-electron chi connectivity index (χ3n) is 3.81. The van der Waals surface area contributed by atoms with Crippen LogP contribution in [0, 0.1) is 10.1 Å². The number of amides is 1. The van der Waals surface area contributed by atoms with Crippen LogP contribution >= 0.6 is 0 Å². The molecule has 1 fully saturated rings. The predicted molar refractivity (Wildman–Crippen MR) is 77.1 cm³/mol. The Morgan fingerprint density at radius 1 is 1.33 bits per heavy atom. The van der Waals surface area contributed by atoms with Gasteiger partial charge >= 0.3 is 5.69 Å². The summed E-state index contributed by atoms with van der Waals surface area (Å²) in [6.07, 6.45) is 4.87. The molecule has 2 rings (SSSR count). The zero-order valence-corrected chi connectivity index (χ0v) is 11.7. The molecule has 0 aromatic heterocycles. The Bertz CT molecular complexity index is 553. The Morgan fingerprint density at radius 3 is 2.57 bits per heavy atom. The summed E-state index contributed by atoms with van der Waals surface area (Å²) in [6.45, 7) is 0.191. The van der Waals surface area contributed by atoms with Gasteiger partial charge in [0.2, 0.25) is 5.91 Å². The van der Waals surface area contributed by atoms with Crippen LogP contribution in [-0.2, 0) is 0 Å². The second kappa shape index (κ2) is 6.09. The third-order valence-corrected chi connectivity index (χ3v) is 3.81. The highest BCUT2D eigenvalue weighted by molar-refractivity contribution is 5.93. The molecule has 21 heavy (non-hydrogen) atoms. The molecule has 7 nitrogen and oxygen atoms in total. The van der Waals surface area contributed by atoms with Gasteiger partial charge in [0.25, 0.3) is 0 Å². The van der Waals surface area contributed by atoms with Crippen molar-refractivity contribution >= 4 is 11.6 Å². The Balaban J connectivity index is 2.18. The summed E-state index contributed by atoms with van der Waals surface area (Å²) in [7, 11) is 0. The van der Waals surface area contributed by atoms with Crippen LogP contribution in [0.5, 0.6) is 5.75 Å². The van der Waals surface area contributed by atoms with Crippen LogP contribution in [0.25, 0.3) is 0 Å². The molecule has 0 unspecified atom stereocenters. The van der Waals surface area contributed by atoms with Crippen molar-refractivity contribution < 1.29 is 14.5 Å². The zero-order valence-electron chi connectivity index (χ0n) is 11.7. The molecule has 0 saturated heterocycles. The maximum Gasteiger partial charge on any atom is 0.310 e. The first kappa shape index (κ1) is 15.2. The summed E-state index contributed by atoms with van der Waals surface area (Å²) < 4.78 is 5.56. The Labute approximate surface area is 122 Å². The van der Waals surface area contributed by atoms with Gasteiger partial charge in [-0.15, -0.1) is 0 Å². The lowest BCUT2D eigenvalue weighted by Gasteiger charge is -2.32. The molecular weight excluding hydrogens is 274 g/mol. The van der Waals surface area contributed by atoms with Gasteiger partial charge in [0.05, 0.1) is 10.5 Å². The predicted octanol–water partition coefficient (Wildman–Crippen LogP) is 1.73. The smallest absolute Gasteiger partial charge is 0.310 e. The van der Waals surface area contributed by atoms with E-state index in [-0.39, 0.29) is 23.6 Å². The number of hydrogen-bond donors (Lipinski definition) is 2. The SMILES string of the molecule is NC(=O)c1ccc([N+](=O)[O-])c(OCC2(N)CCCCC2)c1. The van der Waals surface area contributed by atoms with Gasteiger partial charge in [-0.05, 0) is 18.9 Å². The maximum absolute atomic E-state index is 11.2. The number of nitro groups is 1. The van der Waals surface area contributed by atoms with Crippen molar-refractivity contribution in [2.45, 2.75) is 37.6 Å². The number of primary amides is 1. The second-order valence-electron chi connectivity index (χ2n) is 5.52. The summed E-state index contributed by atoms with van der Waals surface area (Å²) >= 11 is 0. The number of nitrogens with zero attached hydrogens (tertiary/aromatic N) is 1. The van der Waals surface area contributed by atoms with Crippen LogP contribution in [0.15, 0.2) is 18.2 Å². The van der Waals surface area contributed by atoms with E-state index in [1.807, 2.05) is 0 Å². The lowest BCUT2D eigenvalue weighted by atomic mass is 9.83. The molecule has 4 N–H and O–H groups in total.